The van der Waals surface area contributed by atoms with E-state index in [0.29, 0.717) is 0 Å². The van der Waals surface area contributed by atoms with Crippen LogP contribution < -0.4 is 0 Å². The van der Waals surface area contributed by atoms with Crippen molar-refractivity contribution >= 4 is 33.7 Å². The van der Waals surface area contributed by atoms with Gasteiger partial charge in [-0.05, 0) is 13.8 Å². The van der Waals surface area contributed by atoms with Crippen LogP contribution in [0.4, 0.5) is 0 Å². The molecule has 0 spiro atoms. The Balaban J connectivity index is 1.95. The second-order valence-electron chi connectivity index (χ2n) is 5.23. The van der Waals surface area contributed by atoms with Crippen LogP contribution in [0.15, 0.2) is 0 Å². The van der Waals surface area contributed by atoms with Crippen LogP contribution in [0.2, 0.25) is 0 Å². The molecular formula is C11H22IN3OS. The highest BCUT2D eigenvalue weighted by Crippen LogP contribution is 2.23. The summed E-state index contributed by atoms with van der Waals surface area (Å²) in [5.41, 5.74) is 0.114. The van der Waals surface area contributed by atoms with Crippen molar-refractivity contribution in [2.45, 2.75) is 19.5 Å². The first-order valence-corrected chi connectivity index (χ1v) is 8.71. The third kappa shape index (κ3) is 3.40. The molecule has 17 heavy (non-hydrogen) atoms. The molecule has 0 radical (unpaired) electrons. The summed E-state index contributed by atoms with van der Waals surface area (Å²) in [7, 11) is -0.576. The molecule has 0 unspecified atom stereocenters. The van der Waals surface area contributed by atoms with Gasteiger partial charge >= 0.3 is 0 Å². The van der Waals surface area contributed by atoms with E-state index in [4.69, 9.17) is 0 Å². The Kier molecular flexibility index (Phi) is 4.85. The molecule has 2 rings (SSSR count). The SMILES string of the molecule is CC(C)(N1CCN(I)CC1)N1CCS(=O)CC1. The number of piperazine rings is 1. The smallest absolute Gasteiger partial charge is 0.0681 e. The second-order valence-corrected chi connectivity index (χ2v) is 8.29. The van der Waals surface area contributed by atoms with Crippen molar-refractivity contribution in [3.05, 3.63) is 0 Å². The van der Waals surface area contributed by atoms with Crippen molar-refractivity contribution in [1.82, 2.24) is 12.9 Å². The number of nitrogens with zero attached hydrogens (tertiary/aromatic N) is 3. The summed E-state index contributed by atoms with van der Waals surface area (Å²) in [6.45, 7) is 11.1. The van der Waals surface area contributed by atoms with E-state index in [9.17, 15) is 4.21 Å². The maximum absolute atomic E-state index is 11.4. The average molecular weight is 371 g/mol. The molecule has 0 amide bonds. The van der Waals surface area contributed by atoms with Gasteiger partial charge in [0.15, 0.2) is 0 Å². The standard InChI is InChI=1S/C11H22IN3OS/c1-11(2,13-3-5-15(12)6-4-13)14-7-9-17(16)10-8-14/h3-10H2,1-2H3. The first-order valence-electron chi connectivity index (χ1n) is 6.26. The minimum atomic E-state index is -0.576. The molecular weight excluding hydrogens is 349 g/mol. The van der Waals surface area contributed by atoms with Gasteiger partial charge in [-0.15, -0.1) is 0 Å². The van der Waals surface area contributed by atoms with Gasteiger partial charge in [0.25, 0.3) is 0 Å². The largest absolute Gasteiger partial charge is 0.284 e. The predicted molar refractivity (Wildman–Crippen MR) is 80.7 cm³/mol. The zero-order valence-electron chi connectivity index (χ0n) is 10.7. The van der Waals surface area contributed by atoms with Crippen LogP contribution in [0.5, 0.6) is 0 Å². The summed E-state index contributed by atoms with van der Waals surface area (Å²) < 4.78 is 13.8. The first kappa shape index (κ1) is 14.2. The summed E-state index contributed by atoms with van der Waals surface area (Å²) in [5, 5.41) is 0. The fraction of sp³-hybridized carbons (Fsp3) is 1.00. The molecule has 0 bridgehead atoms. The predicted octanol–water partition coefficient (Wildman–Crippen LogP) is 0.754. The van der Waals surface area contributed by atoms with E-state index in [1.165, 1.54) is 0 Å². The fourth-order valence-corrected chi connectivity index (χ4v) is 4.10. The van der Waals surface area contributed by atoms with E-state index in [2.05, 4.69) is 49.6 Å². The highest BCUT2D eigenvalue weighted by atomic mass is 127. The van der Waals surface area contributed by atoms with Gasteiger partial charge in [0.05, 0.1) is 5.66 Å². The van der Waals surface area contributed by atoms with E-state index in [-0.39, 0.29) is 5.66 Å². The van der Waals surface area contributed by atoms with Gasteiger partial charge in [-0.1, -0.05) is 0 Å². The minimum Gasteiger partial charge on any atom is -0.284 e. The van der Waals surface area contributed by atoms with E-state index < -0.39 is 10.8 Å². The normalized spacial score (nSPS) is 27.5. The Hall–Kier alpha value is 0.760. The maximum Gasteiger partial charge on any atom is 0.0681 e. The van der Waals surface area contributed by atoms with Gasteiger partial charge in [-0.2, -0.15) is 0 Å². The molecule has 4 nitrogen and oxygen atoms in total. The summed E-state index contributed by atoms with van der Waals surface area (Å²) >= 11 is 2.40. The quantitative estimate of drug-likeness (QED) is 0.529. The zero-order chi connectivity index (χ0) is 12.5. The molecule has 0 aliphatic carbocycles. The molecule has 0 aromatic rings. The maximum atomic E-state index is 11.4. The van der Waals surface area contributed by atoms with Crippen LogP contribution in [0.25, 0.3) is 0 Å². The molecule has 2 saturated heterocycles. The lowest BCUT2D eigenvalue weighted by Gasteiger charge is -2.50. The van der Waals surface area contributed by atoms with E-state index in [1.807, 2.05) is 0 Å². The van der Waals surface area contributed by atoms with Crippen molar-refractivity contribution in [2.75, 3.05) is 50.8 Å². The van der Waals surface area contributed by atoms with Gasteiger partial charge in [-0.25, -0.2) is 3.11 Å². The third-order valence-electron chi connectivity index (χ3n) is 3.95. The minimum absolute atomic E-state index is 0.114. The van der Waals surface area contributed by atoms with Crippen molar-refractivity contribution in [1.29, 1.82) is 0 Å². The van der Waals surface area contributed by atoms with Crippen molar-refractivity contribution in [3.63, 3.8) is 0 Å². The Bertz CT molecular complexity index is 282. The van der Waals surface area contributed by atoms with E-state index in [1.54, 1.807) is 0 Å². The highest BCUT2D eigenvalue weighted by molar-refractivity contribution is 14.1. The average Bonchev–Trinajstić information content (AvgIpc) is 2.30. The lowest BCUT2D eigenvalue weighted by Crippen LogP contribution is -2.63. The Morgan fingerprint density at radius 1 is 0.941 bits per heavy atom. The topological polar surface area (TPSA) is 26.8 Å². The highest BCUT2D eigenvalue weighted by Gasteiger charge is 2.36. The molecule has 0 atom stereocenters. The lowest BCUT2D eigenvalue weighted by atomic mass is 10.1. The summed E-state index contributed by atoms with van der Waals surface area (Å²) in [4.78, 5) is 5.06. The van der Waals surface area contributed by atoms with Crippen LogP contribution in [-0.4, -0.2) is 73.6 Å². The van der Waals surface area contributed by atoms with Gasteiger partial charge in [-0.3, -0.25) is 14.0 Å². The van der Waals surface area contributed by atoms with Crippen LogP contribution in [0, 0.1) is 0 Å². The molecule has 2 heterocycles. The van der Waals surface area contributed by atoms with Crippen LogP contribution in [0.1, 0.15) is 13.8 Å². The number of halogens is 1. The summed E-state index contributed by atoms with van der Waals surface area (Å²) in [5.74, 6) is 1.69. The molecule has 0 N–H and O–H groups in total. The van der Waals surface area contributed by atoms with Crippen LogP contribution in [-0.2, 0) is 10.8 Å². The van der Waals surface area contributed by atoms with E-state index in [0.717, 1.165) is 50.8 Å². The lowest BCUT2D eigenvalue weighted by molar-refractivity contribution is -0.0397. The monoisotopic (exact) mass is 371 g/mol. The Morgan fingerprint density at radius 3 is 1.94 bits per heavy atom. The van der Waals surface area contributed by atoms with E-state index >= 15 is 0 Å². The van der Waals surface area contributed by atoms with Gasteiger partial charge in [0, 0.05) is 84.4 Å². The van der Waals surface area contributed by atoms with Crippen molar-refractivity contribution in [2.24, 2.45) is 0 Å². The Labute approximate surface area is 121 Å². The second kappa shape index (κ2) is 5.81. The number of rotatable bonds is 2. The van der Waals surface area contributed by atoms with Gasteiger partial charge in [0.2, 0.25) is 0 Å². The molecule has 6 heteroatoms. The number of hydrogen-bond donors (Lipinski definition) is 0. The van der Waals surface area contributed by atoms with Crippen LogP contribution in [0.3, 0.4) is 0 Å². The molecule has 2 aliphatic rings. The molecule has 0 aromatic carbocycles. The zero-order valence-corrected chi connectivity index (χ0v) is 13.7. The molecule has 2 fully saturated rings. The molecule has 0 saturated carbocycles. The van der Waals surface area contributed by atoms with Crippen molar-refractivity contribution < 1.29 is 4.21 Å². The van der Waals surface area contributed by atoms with Crippen molar-refractivity contribution in [3.8, 4) is 0 Å². The van der Waals surface area contributed by atoms with Gasteiger partial charge < -0.3 is 0 Å². The summed E-state index contributed by atoms with van der Waals surface area (Å²) in [6, 6.07) is 0. The molecule has 2 aliphatic heterocycles. The van der Waals surface area contributed by atoms with Crippen LogP contribution >= 0.6 is 22.9 Å². The third-order valence-corrected chi connectivity index (χ3v) is 6.19. The van der Waals surface area contributed by atoms with Gasteiger partial charge in [0.1, 0.15) is 0 Å². The molecule has 100 valence electrons. The fourth-order valence-electron chi connectivity index (χ4n) is 2.61. The molecule has 0 aromatic heterocycles. The summed E-state index contributed by atoms with van der Waals surface area (Å²) in [6.07, 6.45) is 0. The number of hydrogen-bond acceptors (Lipinski definition) is 4. The Morgan fingerprint density at radius 2 is 1.41 bits per heavy atom. The first-order chi connectivity index (χ1) is 8.00.